The first-order chi connectivity index (χ1) is 7.08. The van der Waals surface area contributed by atoms with Gasteiger partial charge in [0.05, 0.1) is 0 Å². The van der Waals surface area contributed by atoms with Gasteiger partial charge in [0, 0.05) is 12.3 Å². The smallest absolute Gasteiger partial charge is 0.136 e. The van der Waals surface area contributed by atoms with Crippen LogP contribution >= 0.6 is 0 Å². The maximum Gasteiger partial charge on any atom is 0.136 e. The average Bonchev–Trinajstić information content (AvgIpc) is 2.25. The predicted molar refractivity (Wildman–Crippen MR) is 62.1 cm³/mol. The van der Waals surface area contributed by atoms with Gasteiger partial charge in [-0.3, -0.25) is 4.79 Å². The van der Waals surface area contributed by atoms with Crippen molar-refractivity contribution in [2.45, 2.75) is 39.5 Å². The van der Waals surface area contributed by atoms with E-state index in [1.807, 2.05) is 6.92 Å². The highest BCUT2D eigenvalue weighted by molar-refractivity contribution is 5.82. The Kier molecular flexibility index (Phi) is 2.64. The highest BCUT2D eigenvalue weighted by Crippen LogP contribution is 2.31. The van der Waals surface area contributed by atoms with E-state index in [2.05, 4.69) is 32.0 Å². The Morgan fingerprint density at radius 1 is 1.13 bits per heavy atom. The summed E-state index contributed by atoms with van der Waals surface area (Å²) < 4.78 is 0. The molecular weight excluding hydrogens is 184 g/mol. The molecule has 2 rings (SSSR count). The molecule has 0 aromatic heterocycles. The number of carbonyl (C=O) groups excluding carboxylic acids is 1. The van der Waals surface area contributed by atoms with Gasteiger partial charge >= 0.3 is 0 Å². The Bertz CT molecular complexity index is 392. The van der Waals surface area contributed by atoms with E-state index < -0.39 is 0 Å². The van der Waals surface area contributed by atoms with Crippen LogP contribution in [0, 0.1) is 12.8 Å². The fraction of sp³-hybridized carbons (Fsp3) is 0.500. The van der Waals surface area contributed by atoms with Crippen LogP contribution in [0.3, 0.4) is 0 Å². The molecule has 0 bridgehead atoms. The van der Waals surface area contributed by atoms with Gasteiger partial charge in [-0.15, -0.1) is 0 Å². The van der Waals surface area contributed by atoms with Crippen LogP contribution in [0.1, 0.15) is 42.9 Å². The summed E-state index contributed by atoms with van der Waals surface area (Å²) in [6.45, 7) is 6.32. The molecule has 1 aliphatic carbocycles. The van der Waals surface area contributed by atoms with Crippen LogP contribution in [-0.2, 0) is 11.2 Å². The summed E-state index contributed by atoms with van der Waals surface area (Å²) in [6, 6.07) is 6.58. The van der Waals surface area contributed by atoms with Crippen LogP contribution in [0.25, 0.3) is 0 Å². The van der Waals surface area contributed by atoms with Crippen molar-refractivity contribution in [3.05, 3.63) is 34.9 Å². The molecular formula is C14H18O. The molecule has 0 saturated carbocycles. The summed E-state index contributed by atoms with van der Waals surface area (Å²) in [5.74, 6) is 0.991. The number of benzene rings is 1. The molecule has 15 heavy (non-hydrogen) atoms. The first kappa shape index (κ1) is 10.4. The molecule has 0 heterocycles. The summed E-state index contributed by atoms with van der Waals surface area (Å²) in [5, 5.41) is 0. The third-order valence-electron chi connectivity index (χ3n) is 3.41. The molecule has 0 fully saturated rings. The largest absolute Gasteiger partial charge is 0.299 e. The molecule has 0 amide bonds. The minimum absolute atomic E-state index is 0.190. The fourth-order valence-corrected chi connectivity index (χ4v) is 2.45. The lowest BCUT2D eigenvalue weighted by atomic mass is 9.93. The Labute approximate surface area is 91.5 Å². The molecule has 0 radical (unpaired) electrons. The maximum atomic E-state index is 11.8. The van der Waals surface area contributed by atoms with Crippen molar-refractivity contribution in [1.29, 1.82) is 0 Å². The Hall–Kier alpha value is -1.11. The second-order valence-electron chi connectivity index (χ2n) is 4.88. The number of rotatable bonds is 0. The number of hydrogen-bond acceptors (Lipinski definition) is 1. The summed E-state index contributed by atoms with van der Waals surface area (Å²) >= 11 is 0. The van der Waals surface area contributed by atoms with Crippen molar-refractivity contribution in [2.24, 2.45) is 5.92 Å². The lowest BCUT2D eigenvalue weighted by Crippen LogP contribution is -2.11. The van der Waals surface area contributed by atoms with E-state index in [-0.39, 0.29) is 5.92 Å². The molecule has 80 valence electrons. The third kappa shape index (κ3) is 1.97. The van der Waals surface area contributed by atoms with Gasteiger partial charge in [-0.05, 0) is 30.4 Å². The highest BCUT2D eigenvalue weighted by Gasteiger charge is 2.24. The van der Waals surface area contributed by atoms with Crippen LogP contribution in [-0.4, -0.2) is 5.78 Å². The number of ketones is 1. The summed E-state index contributed by atoms with van der Waals surface area (Å²) in [7, 11) is 0. The van der Waals surface area contributed by atoms with Crippen molar-refractivity contribution in [3.8, 4) is 0 Å². The van der Waals surface area contributed by atoms with Gasteiger partial charge in [-0.25, -0.2) is 0 Å². The van der Waals surface area contributed by atoms with Crippen molar-refractivity contribution in [3.63, 3.8) is 0 Å². The zero-order chi connectivity index (χ0) is 11.0. The monoisotopic (exact) mass is 202 g/mol. The minimum Gasteiger partial charge on any atom is -0.299 e. The molecule has 0 N–H and O–H groups in total. The van der Waals surface area contributed by atoms with E-state index in [0.717, 1.165) is 6.42 Å². The number of carbonyl (C=O) groups is 1. The maximum absolute atomic E-state index is 11.8. The van der Waals surface area contributed by atoms with Crippen molar-refractivity contribution in [2.75, 3.05) is 0 Å². The Morgan fingerprint density at radius 3 is 2.60 bits per heavy atom. The SMILES string of the molecule is Cc1ccc2c(c1)CC(C)C(=O)CC2C. The van der Waals surface area contributed by atoms with E-state index >= 15 is 0 Å². The predicted octanol–water partition coefficient (Wildman–Crippen LogP) is 3.25. The zero-order valence-corrected chi connectivity index (χ0v) is 9.71. The lowest BCUT2D eigenvalue weighted by molar-refractivity contribution is -0.122. The quantitative estimate of drug-likeness (QED) is 0.590. The van der Waals surface area contributed by atoms with Gasteiger partial charge in [-0.1, -0.05) is 37.6 Å². The van der Waals surface area contributed by atoms with E-state index in [1.54, 1.807) is 0 Å². The van der Waals surface area contributed by atoms with Gasteiger partial charge in [0.1, 0.15) is 5.78 Å². The fourth-order valence-electron chi connectivity index (χ4n) is 2.45. The number of aryl methyl sites for hydroxylation is 1. The molecule has 2 atom stereocenters. The highest BCUT2D eigenvalue weighted by atomic mass is 16.1. The second-order valence-corrected chi connectivity index (χ2v) is 4.88. The van der Waals surface area contributed by atoms with Crippen LogP contribution in [0.15, 0.2) is 18.2 Å². The molecule has 1 heteroatoms. The number of fused-ring (bicyclic) bond motifs is 1. The summed E-state index contributed by atoms with van der Waals surface area (Å²) in [5.41, 5.74) is 4.04. The van der Waals surface area contributed by atoms with Gasteiger partial charge in [0.15, 0.2) is 0 Å². The minimum atomic E-state index is 0.190. The van der Waals surface area contributed by atoms with E-state index in [4.69, 9.17) is 0 Å². The van der Waals surface area contributed by atoms with Crippen LogP contribution in [0.2, 0.25) is 0 Å². The molecule has 0 aliphatic heterocycles. The molecule has 1 aromatic rings. The molecule has 0 saturated heterocycles. The zero-order valence-electron chi connectivity index (χ0n) is 9.71. The van der Waals surface area contributed by atoms with Crippen LogP contribution in [0.4, 0.5) is 0 Å². The Balaban J connectivity index is 2.46. The van der Waals surface area contributed by atoms with Crippen LogP contribution < -0.4 is 0 Å². The molecule has 1 aliphatic rings. The first-order valence-corrected chi connectivity index (χ1v) is 5.70. The Morgan fingerprint density at radius 2 is 1.87 bits per heavy atom. The molecule has 2 unspecified atom stereocenters. The normalized spacial score (nSPS) is 25.9. The number of Topliss-reactive ketones (excluding diaryl/α,β-unsaturated/α-hetero) is 1. The standard InChI is InChI=1S/C14H18O/c1-9-4-5-13-10(2)8-14(15)11(3)7-12(13)6-9/h4-6,10-11H,7-8H2,1-3H3. The van der Waals surface area contributed by atoms with Crippen LogP contribution in [0.5, 0.6) is 0 Å². The van der Waals surface area contributed by atoms with Gasteiger partial charge in [-0.2, -0.15) is 0 Å². The van der Waals surface area contributed by atoms with Gasteiger partial charge in [0.2, 0.25) is 0 Å². The van der Waals surface area contributed by atoms with Crippen molar-refractivity contribution < 1.29 is 4.79 Å². The summed E-state index contributed by atoms with van der Waals surface area (Å²) in [6.07, 6.45) is 1.62. The van der Waals surface area contributed by atoms with Crippen molar-refractivity contribution in [1.82, 2.24) is 0 Å². The third-order valence-corrected chi connectivity index (χ3v) is 3.41. The molecule has 1 aromatic carbocycles. The van der Waals surface area contributed by atoms with Gasteiger partial charge < -0.3 is 0 Å². The van der Waals surface area contributed by atoms with E-state index in [9.17, 15) is 4.79 Å². The van der Waals surface area contributed by atoms with E-state index in [0.29, 0.717) is 18.1 Å². The van der Waals surface area contributed by atoms with Gasteiger partial charge in [0.25, 0.3) is 0 Å². The molecule has 1 nitrogen and oxygen atoms in total. The number of hydrogen-bond donors (Lipinski definition) is 0. The second kappa shape index (κ2) is 3.80. The average molecular weight is 202 g/mol. The summed E-state index contributed by atoms with van der Waals surface area (Å²) in [4.78, 5) is 11.8. The topological polar surface area (TPSA) is 17.1 Å². The van der Waals surface area contributed by atoms with Crippen molar-refractivity contribution >= 4 is 5.78 Å². The first-order valence-electron chi connectivity index (χ1n) is 5.70. The van der Waals surface area contributed by atoms with E-state index in [1.165, 1.54) is 16.7 Å². The lowest BCUT2D eigenvalue weighted by Gasteiger charge is -2.12. The molecule has 0 spiro atoms.